The van der Waals surface area contributed by atoms with Gasteiger partial charge >= 0.3 is 0 Å². The van der Waals surface area contributed by atoms with Crippen LogP contribution >= 0.6 is 0 Å². The van der Waals surface area contributed by atoms with Crippen molar-refractivity contribution in [1.29, 1.82) is 0 Å². The van der Waals surface area contributed by atoms with Crippen LogP contribution in [0.4, 0.5) is 0 Å². The van der Waals surface area contributed by atoms with E-state index in [1.165, 1.54) is 43.5 Å². The van der Waals surface area contributed by atoms with Gasteiger partial charge in [-0.25, -0.2) is 0 Å². The van der Waals surface area contributed by atoms with E-state index in [1.807, 2.05) is 6.08 Å². The highest BCUT2D eigenvalue weighted by atomic mass is 14.9. The average molecular weight is 201 g/mol. The average Bonchev–Trinajstić information content (AvgIpc) is 2.31. The fourth-order valence-electron chi connectivity index (χ4n) is 2.32. The largest absolute Gasteiger partial charge is 0.317 e. The van der Waals surface area contributed by atoms with Crippen molar-refractivity contribution in [1.82, 2.24) is 5.32 Å². The van der Waals surface area contributed by atoms with Gasteiger partial charge in [-0.3, -0.25) is 0 Å². The van der Waals surface area contributed by atoms with Gasteiger partial charge in [0.15, 0.2) is 0 Å². The Morgan fingerprint density at radius 3 is 2.73 bits per heavy atom. The maximum absolute atomic E-state index is 3.87. The molecule has 1 nitrogen and oxygen atoms in total. The first kappa shape index (κ1) is 10.4. The standard InChI is InChI=1S/C14H19N/c1-2-13-5-3-4-6-14(13)11-12-7-9-15-10-8-12/h2-6,12,15H,1,7-11H2. The molecule has 0 aromatic heterocycles. The lowest BCUT2D eigenvalue weighted by Crippen LogP contribution is -2.28. The summed E-state index contributed by atoms with van der Waals surface area (Å²) >= 11 is 0. The molecule has 0 spiro atoms. The minimum absolute atomic E-state index is 0.854. The molecule has 1 saturated heterocycles. The lowest BCUT2D eigenvalue weighted by atomic mass is 9.89. The second-order valence-corrected chi connectivity index (χ2v) is 4.30. The zero-order chi connectivity index (χ0) is 10.5. The summed E-state index contributed by atoms with van der Waals surface area (Å²) in [5.74, 6) is 0.854. The molecular weight excluding hydrogens is 182 g/mol. The van der Waals surface area contributed by atoms with Gasteiger partial charge in [0.25, 0.3) is 0 Å². The smallest absolute Gasteiger partial charge is 0.00462 e. The lowest BCUT2D eigenvalue weighted by molar-refractivity contribution is 0.372. The third-order valence-electron chi connectivity index (χ3n) is 3.24. The molecule has 80 valence electrons. The van der Waals surface area contributed by atoms with Crippen molar-refractivity contribution in [2.45, 2.75) is 19.3 Å². The van der Waals surface area contributed by atoms with E-state index in [9.17, 15) is 0 Å². The molecule has 1 fully saturated rings. The van der Waals surface area contributed by atoms with Crippen molar-refractivity contribution in [3.63, 3.8) is 0 Å². The maximum atomic E-state index is 3.87. The molecule has 0 radical (unpaired) electrons. The molecule has 0 atom stereocenters. The van der Waals surface area contributed by atoms with Crippen LogP contribution in [-0.4, -0.2) is 13.1 Å². The van der Waals surface area contributed by atoms with Gasteiger partial charge in [-0.1, -0.05) is 36.9 Å². The number of rotatable bonds is 3. The number of piperidine rings is 1. The molecule has 0 aliphatic carbocycles. The van der Waals surface area contributed by atoms with Crippen LogP contribution in [-0.2, 0) is 6.42 Å². The van der Waals surface area contributed by atoms with Gasteiger partial charge in [0.1, 0.15) is 0 Å². The van der Waals surface area contributed by atoms with E-state index < -0.39 is 0 Å². The van der Waals surface area contributed by atoms with Crippen LogP contribution in [0, 0.1) is 5.92 Å². The Hall–Kier alpha value is -1.08. The summed E-state index contributed by atoms with van der Waals surface area (Å²) in [6.07, 6.45) is 5.80. The summed E-state index contributed by atoms with van der Waals surface area (Å²) in [7, 11) is 0. The Labute approximate surface area is 92.2 Å². The highest BCUT2D eigenvalue weighted by Gasteiger charge is 2.14. The molecule has 0 saturated carbocycles. The van der Waals surface area contributed by atoms with Crippen LogP contribution in [0.2, 0.25) is 0 Å². The second-order valence-electron chi connectivity index (χ2n) is 4.30. The summed E-state index contributed by atoms with van der Waals surface area (Å²) in [6.45, 7) is 6.24. The van der Waals surface area contributed by atoms with Crippen LogP contribution in [0.5, 0.6) is 0 Å². The summed E-state index contributed by atoms with van der Waals surface area (Å²) in [4.78, 5) is 0. The first-order valence-electron chi connectivity index (χ1n) is 5.81. The zero-order valence-electron chi connectivity index (χ0n) is 9.21. The fourth-order valence-corrected chi connectivity index (χ4v) is 2.32. The molecule has 15 heavy (non-hydrogen) atoms. The monoisotopic (exact) mass is 201 g/mol. The highest BCUT2D eigenvalue weighted by Crippen LogP contribution is 2.20. The Balaban J connectivity index is 2.05. The van der Waals surface area contributed by atoms with Gasteiger partial charge in [-0.2, -0.15) is 0 Å². The number of benzene rings is 1. The van der Waals surface area contributed by atoms with Crippen LogP contribution < -0.4 is 5.32 Å². The molecule has 0 unspecified atom stereocenters. The second kappa shape index (κ2) is 5.13. The third-order valence-corrected chi connectivity index (χ3v) is 3.24. The number of hydrogen-bond acceptors (Lipinski definition) is 1. The quantitative estimate of drug-likeness (QED) is 0.793. The van der Waals surface area contributed by atoms with Crippen molar-refractivity contribution in [2.24, 2.45) is 5.92 Å². The Bertz CT molecular complexity index is 324. The predicted octanol–water partition coefficient (Wildman–Crippen LogP) is 2.87. The summed E-state index contributed by atoms with van der Waals surface area (Å²) < 4.78 is 0. The van der Waals surface area contributed by atoms with Gasteiger partial charge in [0, 0.05) is 0 Å². The van der Waals surface area contributed by atoms with Gasteiger partial charge in [0.05, 0.1) is 0 Å². The van der Waals surface area contributed by atoms with Gasteiger partial charge < -0.3 is 5.32 Å². The van der Waals surface area contributed by atoms with Gasteiger partial charge in [-0.15, -0.1) is 0 Å². The minimum atomic E-state index is 0.854. The molecule has 1 aromatic carbocycles. The van der Waals surface area contributed by atoms with Gasteiger partial charge in [0.2, 0.25) is 0 Å². The summed E-state index contributed by atoms with van der Waals surface area (Å²) in [5.41, 5.74) is 2.76. The molecule has 1 heteroatoms. The van der Waals surface area contributed by atoms with E-state index in [4.69, 9.17) is 0 Å². The van der Waals surface area contributed by atoms with Crippen LogP contribution in [0.3, 0.4) is 0 Å². The lowest BCUT2D eigenvalue weighted by Gasteiger charge is -2.23. The van der Waals surface area contributed by atoms with E-state index >= 15 is 0 Å². The van der Waals surface area contributed by atoms with Crippen LogP contribution in [0.15, 0.2) is 30.8 Å². The Kier molecular flexibility index (Phi) is 3.57. The Morgan fingerprint density at radius 1 is 1.27 bits per heavy atom. The zero-order valence-corrected chi connectivity index (χ0v) is 9.21. The molecule has 2 rings (SSSR count). The topological polar surface area (TPSA) is 12.0 Å². The number of nitrogens with one attached hydrogen (secondary N) is 1. The van der Waals surface area contributed by atoms with Crippen LogP contribution in [0.1, 0.15) is 24.0 Å². The third kappa shape index (κ3) is 2.69. The van der Waals surface area contributed by atoms with Crippen molar-refractivity contribution >= 4 is 6.08 Å². The van der Waals surface area contributed by atoms with E-state index in [2.05, 4.69) is 36.2 Å². The maximum Gasteiger partial charge on any atom is -0.00462 e. The molecule has 1 aliphatic rings. The minimum Gasteiger partial charge on any atom is -0.317 e. The van der Waals surface area contributed by atoms with Crippen LogP contribution in [0.25, 0.3) is 6.08 Å². The van der Waals surface area contributed by atoms with Crippen molar-refractivity contribution in [3.05, 3.63) is 42.0 Å². The van der Waals surface area contributed by atoms with Crippen molar-refractivity contribution < 1.29 is 0 Å². The summed E-state index contributed by atoms with van der Waals surface area (Å²) in [5, 5.41) is 3.41. The summed E-state index contributed by atoms with van der Waals surface area (Å²) in [6, 6.07) is 8.61. The molecule has 1 heterocycles. The normalized spacial score (nSPS) is 17.6. The van der Waals surface area contributed by atoms with Crippen molar-refractivity contribution in [3.8, 4) is 0 Å². The molecule has 0 bridgehead atoms. The molecule has 1 aliphatic heterocycles. The fraction of sp³-hybridized carbons (Fsp3) is 0.429. The highest BCUT2D eigenvalue weighted by molar-refractivity contribution is 5.51. The SMILES string of the molecule is C=Cc1ccccc1CC1CCNCC1. The van der Waals surface area contributed by atoms with E-state index in [0.29, 0.717) is 0 Å². The first-order valence-corrected chi connectivity index (χ1v) is 5.81. The molecule has 1 aromatic rings. The molecular formula is C14H19N. The van der Waals surface area contributed by atoms with E-state index in [-0.39, 0.29) is 0 Å². The number of hydrogen-bond donors (Lipinski definition) is 1. The van der Waals surface area contributed by atoms with Gasteiger partial charge in [-0.05, 0) is 49.4 Å². The molecule has 1 N–H and O–H groups in total. The van der Waals surface area contributed by atoms with E-state index in [0.717, 1.165) is 5.92 Å². The van der Waals surface area contributed by atoms with Crippen molar-refractivity contribution in [2.75, 3.05) is 13.1 Å². The Morgan fingerprint density at radius 2 is 2.00 bits per heavy atom. The first-order chi connectivity index (χ1) is 7.40. The van der Waals surface area contributed by atoms with E-state index in [1.54, 1.807) is 0 Å². The molecule has 0 amide bonds. The predicted molar refractivity (Wildman–Crippen MR) is 65.8 cm³/mol.